The molecule has 1 atom stereocenters. The standard InChI is InChI=1S/C12H16Br3N3O/c1-8(18-11(15)9(13)10(14)16-18)12(19)17-6-4-2-3-5-7-17/h8H,2-7H2,1H3. The van der Waals surface area contributed by atoms with Crippen LogP contribution in [0.1, 0.15) is 38.6 Å². The Morgan fingerprint density at radius 3 is 2.21 bits per heavy atom. The lowest BCUT2D eigenvalue weighted by Gasteiger charge is -2.24. The predicted molar refractivity (Wildman–Crippen MR) is 85.1 cm³/mol. The molecule has 1 unspecified atom stereocenters. The molecule has 106 valence electrons. The summed E-state index contributed by atoms with van der Waals surface area (Å²) in [6.45, 7) is 3.62. The quantitative estimate of drug-likeness (QED) is 0.669. The van der Waals surface area contributed by atoms with Crippen molar-refractivity contribution < 1.29 is 4.79 Å². The second-order valence-corrected chi connectivity index (χ2v) is 7.05. The van der Waals surface area contributed by atoms with Gasteiger partial charge in [0.2, 0.25) is 5.91 Å². The van der Waals surface area contributed by atoms with E-state index < -0.39 is 0 Å². The summed E-state index contributed by atoms with van der Waals surface area (Å²) >= 11 is 10.2. The Kier molecular flexibility index (Phi) is 5.48. The third-order valence-corrected chi connectivity index (χ3v) is 6.53. The topological polar surface area (TPSA) is 38.1 Å². The molecule has 1 aromatic heterocycles. The highest BCUT2D eigenvalue weighted by atomic mass is 79.9. The number of carbonyl (C=O) groups excluding carboxylic acids is 1. The molecule has 0 radical (unpaired) electrons. The molecule has 19 heavy (non-hydrogen) atoms. The average molecular weight is 458 g/mol. The molecule has 0 aromatic carbocycles. The van der Waals surface area contributed by atoms with Crippen LogP contribution in [0.4, 0.5) is 0 Å². The number of nitrogens with zero attached hydrogens (tertiary/aromatic N) is 3. The number of likely N-dealkylation sites (tertiary alicyclic amines) is 1. The number of halogens is 3. The predicted octanol–water partition coefficient (Wildman–Crippen LogP) is 4.13. The fourth-order valence-corrected chi connectivity index (χ4v) is 3.74. The Hall–Kier alpha value is 0.120. The molecular formula is C12H16Br3N3O. The average Bonchev–Trinajstić information content (AvgIpc) is 2.66. The Labute approximate surface area is 138 Å². The number of amides is 1. The summed E-state index contributed by atoms with van der Waals surface area (Å²) in [4.78, 5) is 14.5. The summed E-state index contributed by atoms with van der Waals surface area (Å²) in [6, 6.07) is -0.296. The van der Waals surface area contributed by atoms with E-state index in [1.807, 2.05) is 11.8 Å². The van der Waals surface area contributed by atoms with Crippen LogP contribution in [0.3, 0.4) is 0 Å². The van der Waals surface area contributed by atoms with E-state index in [0.29, 0.717) is 4.60 Å². The van der Waals surface area contributed by atoms with E-state index in [9.17, 15) is 4.79 Å². The second kappa shape index (κ2) is 6.72. The first kappa shape index (κ1) is 15.5. The van der Waals surface area contributed by atoms with Crippen molar-refractivity contribution in [3.8, 4) is 0 Å². The van der Waals surface area contributed by atoms with Crippen LogP contribution in [0.2, 0.25) is 0 Å². The Bertz CT molecular complexity index is 467. The van der Waals surface area contributed by atoms with Gasteiger partial charge in [0.25, 0.3) is 0 Å². The first-order chi connectivity index (χ1) is 9.02. The molecule has 1 aliphatic heterocycles. The minimum Gasteiger partial charge on any atom is -0.341 e. The molecule has 0 spiro atoms. The highest BCUT2D eigenvalue weighted by molar-refractivity contribution is 9.14. The molecule has 2 rings (SSSR count). The molecule has 0 N–H and O–H groups in total. The zero-order chi connectivity index (χ0) is 14.0. The molecule has 7 heteroatoms. The van der Waals surface area contributed by atoms with Gasteiger partial charge in [-0.05, 0) is 67.6 Å². The van der Waals surface area contributed by atoms with E-state index in [4.69, 9.17) is 0 Å². The third kappa shape index (κ3) is 3.42. The first-order valence-electron chi connectivity index (χ1n) is 6.40. The van der Waals surface area contributed by atoms with Crippen molar-refractivity contribution in [2.45, 2.75) is 38.6 Å². The van der Waals surface area contributed by atoms with Crippen molar-refractivity contribution in [2.75, 3.05) is 13.1 Å². The Morgan fingerprint density at radius 1 is 1.16 bits per heavy atom. The zero-order valence-corrected chi connectivity index (χ0v) is 15.5. The van der Waals surface area contributed by atoms with E-state index in [1.165, 1.54) is 12.8 Å². The molecule has 0 aliphatic carbocycles. The largest absolute Gasteiger partial charge is 0.341 e. The monoisotopic (exact) mass is 455 g/mol. The minimum absolute atomic E-state index is 0.144. The minimum atomic E-state index is -0.296. The number of hydrogen-bond acceptors (Lipinski definition) is 2. The van der Waals surface area contributed by atoms with Gasteiger partial charge in [-0.25, -0.2) is 4.68 Å². The first-order valence-corrected chi connectivity index (χ1v) is 8.78. The molecule has 0 bridgehead atoms. The molecule has 1 aliphatic rings. The normalized spacial score (nSPS) is 18.2. The highest BCUT2D eigenvalue weighted by Crippen LogP contribution is 2.32. The van der Waals surface area contributed by atoms with Crippen LogP contribution < -0.4 is 0 Å². The van der Waals surface area contributed by atoms with Gasteiger partial charge in [0.1, 0.15) is 15.2 Å². The van der Waals surface area contributed by atoms with Crippen LogP contribution >= 0.6 is 47.8 Å². The summed E-state index contributed by atoms with van der Waals surface area (Å²) in [5.41, 5.74) is 0. The van der Waals surface area contributed by atoms with Crippen LogP contribution in [-0.4, -0.2) is 33.7 Å². The van der Waals surface area contributed by atoms with E-state index in [0.717, 1.165) is 35.0 Å². The number of rotatable bonds is 2. The number of carbonyl (C=O) groups is 1. The van der Waals surface area contributed by atoms with Gasteiger partial charge in [-0.3, -0.25) is 4.79 Å². The lowest BCUT2D eigenvalue weighted by molar-refractivity contribution is -0.134. The Balaban J connectivity index is 2.15. The van der Waals surface area contributed by atoms with Gasteiger partial charge in [0.15, 0.2) is 0 Å². The van der Waals surface area contributed by atoms with Crippen molar-refractivity contribution in [1.29, 1.82) is 0 Å². The maximum absolute atomic E-state index is 12.5. The van der Waals surface area contributed by atoms with Crippen molar-refractivity contribution in [3.05, 3.63) is 13.7 Å². The van der Waals surface area contributed by atoms with Gasteiger partial charge >= 0.3 is 0 Å². The fourth-order valence-electron chi connectivity index (χ4n) is 2.28. The van der Waals surface area contributed by atoms with E-state index in [-0.39, 0.29) is 11.9 Å². The number of hydrogen-bond donors (Lipinski definition) is 0. The summed E-state index contributed by atoms with van der Waals surface area (Å²) in [5, 5.41) is 4.34. The molecule has 1 aromatic rings. The van der Waals surface area contributed by atoms with Gasteiger partial charge < -0.3 is 4.90 Å². The van der Waals surface area contributed by atoms with Crippen LogP contribution in [0.25, 0.3) is 0 Å². The van der Waals surface area contributed by atoms with Gasteiger partial charge in [-0.2, -0.15) is 5.10 Å². The van der Waals surface area contributed by atoms with Gasteiger partial charge in [-0.15, -0.1) is 0 Å². The smallest absolute Gasteiger partial charge is 0.247 e. The third-order valence-electron chi connectivity index (χ3n) is 3.40. The van der Waals surface area contributed by atoms with Crippen LogP contribution in [0.15, 0.2) is 13.7 Å². The van der Waals surface area contributed by atoms with Gasteiger partial charge in [-0.1, -0.05) is 12.8 Å². The maximum Gasteiger partial charge on any atom is 0.247 e. The second-order valence-electron chi connectivity index (χ2n) is 4.76. The van der Waals surface area contributed by atoms with Crippen molar-refractivity contribution in [2.24, 2.45) is 0 Å². The van der Waals surface area contributed by atoms with Crippen LogP contribution in [0, 0.1) is 0 Å². The summed E-state index contributed by atoms with van der Waals surface area (Å²) in [5.74, 6) is 0.144. The van der Waals surface area contributed by atoms with E-state index in [2.05, 4.69) is 52.9 Å². The van der Waals surface area contributed by atoms with E-state index >= 15 is 0 Å². The van der Waals surface area contributed by atoms with Crippen molar-refractivity contribution >= 4 is 53.7 Å². The van der Waals surface area contributed by atoms with E-state index in [1.54, 1.807) is 4.68 Å². The SMILES string of the molecule is CC(C(=O)N1CCCCCC1)n1nc(Br)c(Br)c1Br. The molecule has 4 nitrogen and oxygen atoms in total. The zero-order valence-electron chi connectivity index (χ0n) is 10.7. The van der Waals surface area contributed by atoms with Crippen LogP contribution in [-0.2, 0) is 4.79 Å². The summed E-state index contributed by atoms with van der Waals surface area (Å²) in [6.07, 6.45) is 4.65. The summed E-state index contributed by atoms with van der Waals surface area (Å²) < 4.78 is 4.04. The molecular weight excluding hydrogens is 442 g/mol. The lowest BCUT2D eigenvalue weighted by Crippen LogP contribution is -2.37. The molecule has 2 heterocycles. The molecule has 0 saturated carbocycles. The molecule has 1 saturated heterocycles. The lowest BCUT2D eigenvalue weighted by atomic mass is 10.2. The highest BCUT2D eigenvalue weighted by Gasteiger charge is 2.26. The van der Waals surface area contributed by atoms with Gasteiger partial charge in [0, 0.05) is 13.1 Å². The fraction of sp³-hybridized carbons (Fsp3) is 0.667. The van der Waals surface area contributed by atoms with Gasteiger partial charge in [0.05, 0.1) is 4.47 Å². The van der Waals surface area contributed by atoms with Crippen molar-refractivity contribution in [3.63, 3.8) is 0 Å². The number of aromatic nitrogens is 2. The Morgan fingerprint density at radius 2 is 1.74 bits per heavy atom. The maximum atomic E-state index is 12.5. The molecule has 1 amide bonds. The van der Waals surface area contributed by atoms with Crippen LogP contribution in [0.5, 0.6) is 0 Å². The summed E-state index contributed by atoms with van der Waals surface area (Å²) in [7, 11) is 0. The molecule has 1 fully saturated rings. The van der Waals surface area contributed by atoms with Crippen molar-refractivity contribution in [1.82, 2.24) is 14.7 Å².